The molecule has 0 radical (unpaired) electrons. The van der Waals surface area contributed by atoms with E-state index >= 15 is 0 Å². The van der Waals surface area contributed by atoms with Gasteiger partial charge >= 0.3 is 0 Å². The zero-order valence-corrected chi connectivity index (χ0v) is 12.6. The fourth-order valence-corrected chi connectivity index (χ4v) is 3.74. The first-order valence-electron chi connectivity index (χ1n) is 6.42. The summed E-state index contributed by atoms with van der Waals surface area (Å²) >= 11 is 5.60. The first-order chi connectivity index (χ1) is 7.13. The van der Waals surface area contributed by atoms with Gasteiger partial charge in [-0.05, 0) is 37.5 Å². The van der Waals surface area contributed by atoms with Crippen molar-refractivity contribution in [2.45, 2.75) is 66.8 Å². The van der Waals surface area contributed by atoms with Crippen LogP contribution in [-0.2, 0) is 0 Å². The third-order valence-electron chi connectivity index (χ3n) is 3.56. The second kappa shape index (κ2) is 4.64. The lowest BCUT2D eigenvalue weighted by molar-refractivity contribution is 0.149. The van der Waals surface area contributed by atoms with Gasteiger partial charge in [-0.2, -0.15) is 0 Å². The zero-order chi connectivity index (χ0) is 12.6. The summed E-state index contributed by atoms with van der Waals surface area (Å²) in [4.78, 5) is 3.58. The molecular formula is C14H27NS. The van der Waals surface area contributed by atoms with E-state index in [4.69, 9.17) is 12.2 Å². The van der Waals surface area contributed by atoms with Crippen LogP contribution in [0.1, 0.15) is 60.8 Å². The zero-order valence-electron chi connectivity index (χ0n) is 11.8. The number of hydrogen-bond acceptors (Lipinski definition) is 1. The summed E-state index contributed by atoms with van der Waals surface area (Å²) in [6, 6.07) is 0.539. The molecule has 0 aromatic carbocycles. The van der Waals surface area contributed by atoms with Gasteiger partial charge in [0, 0.05) is 19.0 Å². The van der Waals surface area contributed by atoms with E-state index in [1.54, 1.807) is 0 Å². The van der Waals surface area contributed by atoms with Gasteiger partial charge in [-0.1, -0.05) is 39.9 Å². The van der Waals surface area contributed by atoms with E-state index < -0.39 is 0 Å². The third kappa shape index (κ3) is 3.73. The van der Waals surface area contributed by atoms with Crippen molar-refractivity contribution < 1.29 is 0 Å². The molecule has 1 heterocycles. The van der Waals surface area contributed by atoms with Crippen LogP contribution < -0.4 is 0 Å². The first-order valence-corrected chi connectivity index (χ1v) is 6.83. The van der Waals surface area contributed by atoms with Gasteiger partial charge in [-0.25, -0.2) is 0 Å². The molecule has 0 saturated carbocycles. The largest absolute Gasteiger partial charge is 0.364 e. The number of hydrogen-bond donors (Lipinski definition) is 0. The lowest BCUT2D eigenvalue weighted by Gasteiger charge is -2.43. The fraction of sp³-hybridized carbons (Fsp3) is 0.929. The SMILES string of the molecule is CC(C)N1CCC(C)(C)CC(C)(C)CC1=S. The van der Waals surface area contributed by atoms with Crippen molar-refractivity contribution in [1.82, 2.24) is 4.90 Å². The van der Waals surface area contributed by atoms with Crippen molar-refractivity contribution in [3.8, 4) is 0 Å². The summed E-state index contributed by atoms with van der Waals surface area (Å²) in [5.74, 6) is 0. The van der Waals surface area contributed by atoms with E-state index in [0.717, 1.165) is 18.0 Å². The molecule has 94 valence electrons. The number of nitrogens with zero attached hydrogens (tertiary/aromatic N) is 1. The van der Waals surface area contributed by atoms with Gasteiger partial charge in [0.1, 0.15) is 0 Å². The molecule has 0 aliphatic carbocycles. The topological polar surface area (TPSA) is 3.24 Å². The molecule has 1 rings (SSSR count). The van der Waals surface area contributed by atoms with Gasteiger partial charge < -0.3 is 4.90 Å². The van der Waals surface area contributed by atoms with Crippen molar-refractivity contribution in [2.75, 3.05) is 6.54 Å². The van der Waals surface area contributed by atoms with E-state index in [-0.39, 0.29) is 0 Å². The molecule has 0 spiro atoms. The standard InChI is InChI=1S/C14H27NS/c1-11(2)15-8-7-13(3,4)10-14(5,6)9-12(15)16/h11H,7-10H2,1-6H3. The van der Waals surface area contributed by atoms with Crippen molar-refractivity contribution in [1.29, 1.82) is 0 Å². The van der Waals surface area contributed by atoms with Crippen LogP contribution in [0.2, 0.25) is 0 Å². The van der Waals surface area contributed by atoms with Gasteiger partial charge in [0.25, 0.3) is 0 Å². The van der Waals surface area contributed by atoms with Crippen molar-refractivity contribution >= 4 is 17.2 Å². The summed E-state index contributed by atoms with van der Waals surface area (Å²) in [6.45, 7) is 15.1. The highest BCUT2D eigenvalue weighted by Gasteiger charge is 2.34. The van der Waals surface area contributed by atoms with E-state index in [0.29, 0.717) is 16.9 Å². The quantitative estimate of drug-likeness (QED) is 0.631. The molecule has 0 bridgehead atoms. The summed E-state index contributed by atoms with van der Waals surface area (Å²) in [7, 11) is 0. The normalized spacial score (nSPS) is 25.4. The fourth-order valence-electron chi connectivity index (χ4n) is 3.05. The second-order valence-corrected chi connectivity index (χ2v) is 7.58. The Morgan fingerprint density at radius 2 is 1.69 bits per heavy atom. The Bertz CT molecular complexity index is 266. The van der Waals surface area contributed by atoms with Crippen LogP contribution in [0.15, 0.2) is 0 Å². The van der Waals surface area contributed by atoms with Gasteiger partial charge in [0.15, 0.2) is 0 Å². The molecule has 0 aromatic rings. The second-order valence-electron chi connectivity index (χ2n) is 7.11. The van der Waals surface area contributed by atoms with Crippen LogP contribution in [0.3, 0.4) is 0 Å². The van der Waals surface area contributed by atoms with Crippen molar-refractivity contribution in [3.05, 3.63) is 0 Å². The van der Waals surface area contributed by atoms with E-state index in [9.17, 15) is 0 Å². The van der Waals surface area contributed by atoms with Crippen molar-refractivity contribution in [2.24, 2.45) is 10.8 Å². The minimum Gasteiger partial charge on any atom is -0.364 e. The molecule has 2 heteroatoms. The number of likely N-dealkylation sites (tertiary alicyclic amines) is 1. The van der Waals surface area contributed by atoms with Crippen LogP contribution in [0, 0.1) is 10.8 Å². The van der Waals surface area contributed by atoms with E-state index in [2.05, 4.69) is 46.4 Å². The molecule has 16 heavy (non-hydrogen) atoms. The molecule has 1 aliphatic rings. The Hall–Kier alpha value is -0.110. The summed E-state index contributed by atoms with van der Waals surface area (Å²) in [5.41, 5.74) is 0.779. The Morgan fingerprint density at radius 1 is 1.12 bits per heavy atom. The number of rotatable bonds is 1. The Labute approximate surface area is 107 Å². The molecule has 0 N–H and O–H groups in total. The van der Waals surface area contributed by atoms with E-state index in [1.165, 1.54) is 12.8 Å². The average molecular weight is 241 g/mol. The highest BCUT2D eigenvalue weighted by molar-refractivity contribution is 7.80. The predicted molar refractivity (Wildman–Crippen MR) is 75.9 cm³/mol. The molecule has 0 unspecified atom stereocenters. The van der Waals surface area contributed by atoms with Crippen LogP contribution in [0.25, 0.3) is 0 Å². The summed E-state index contributed by atoms with van der Waals surface area (Å²) < 4.78 is 0. The highest BCUT2D eigenvalue weighted by atomic mass is 32.1. The highest BCUT2D eigenvalue weighted by Crippen LogP contribution is 2.41. The minimum atomic E-state index is 0.341. The monoisotopic (exact) mass is 241 g/mol. The van der Waals surface area contributed by atoms with Crippen molar-refractivity contribution in [3.63, 3.8) is 0 Å². The molecule has 0 aromatic heterocycles. The molecule has 0 atom stereocenters. The predicted octanol–water partition coefficient (Wildman–Crippen LogP) is 4.26. The lowest BCUT2D eigenvalue weighted by Crippen LogP contribution is -2.43. The molecule has 1 nitrogen and oxygen atoms in total. The van der Waals surface area contributed by atoms with Crippen LogP contribution in [-0.4, -0.2) is 22.5 Å². The van der Waals surface area contributed by atoms with E-state index in [1.807, 2.05) is 0 Å². The molecule has 1 aliphatic heterocycles. The summed E-state index contributed by atoms with van der Waals surface area (Å²) in [6.07, 6.45) is 3.57. The average Bonchev–Trinajstić information content (AvgIpc) is 1.97. The van der Waals surface area contributed by atoms with Gasteiger partial charge in [0.05, 0.1) is 4.99 Å². The third-order valence-corrected chi connectivity index (χ3v) is 3.94. The maximum Gasteiger partial charge on any atom is 0.0786 e. The van der Waals surface area contributed by atoms with Gasteiger partial charge in [-0.15, -0.1) is 0 Å². The molecule has 0 amide bonds. The minimum absolute atomic E-state index is 0.341. The molecule has 1 fully saturated rings. The Balaban J connectivity index is 2.87. The van der Waals surface area contributed by atoms with Gasteiger partial charge in [0.2, 0.25) is 0 Å². The molecular weight excluding hydrogens is 214 g/mol. The van der Waals surface area contributed by atoms with Gasteiger partial charge in [-0.3, -0.25) is 0 Å². The van der Waals surface area contributed by atoms with Crippen LogP contribution in [0.5, 0.6) is 0 Å². The van der Waals surface area contributed by atoms with Crippen LogP contribution in [0.4, 0.5) is 0 Å². The lowest BCUT2D eigenvalue weighted by atomic mass is 9.70. The number of thiocarbonyl (C=S) groups is 1. The van der Waals surface area contributed by atoms with Crippen LogP contribution >= 0.6 is 12.2 Å². The molecule has 1 saturated heterocycles. The Morgan fingerprint density at radius 3 is 2.19 bits per heavy atom. The Kier molecular flexibility index (Phi) is 4.04. The maximum atomic E-state index is 5.60. The summed E-state index contributed by atoms with van der Waals surface area (Å²) in [5, 5.41) is 0. The maximum absolute atomic E-state index is 5.60. The smallest absolute Gasteiger partial charge is 0.0786 e. The first kappa shape index (κ1) is 14.0.